The maximum Gasteiger partial charge on any atom is 0.109 e. The molecule has 0 heterocycles. The first-order valence-electron chi connectivity index (χ1n) is 10.1. The molecule has 2 aliphatic rings. The van der Waals surface area contributed by atoms with Gasteiger partial charge in [0.25, 0.3) is 0 Å². The van der Waals surface area contributed by atoms with Crippen LogP contribution in [-0.2, 0) is 0 Å². The Morgan fingerprint density at radius 3 is 2.38 bits per heavy atom. The van der Waals surface area contributed by atoms with Crippen LogP contribution in [0.4, 0.5) is 0 Å². The van der Waals surface area contributed by atoms with E-state index in [1.807, 2.05) is 0 Å². The predicted octanol–water partition coefficient (Wildman–Crippen LogP) is 6.01. The van der Waals surface area contributed by atoms with E-state index in [4.69, 9.17) is 0 Å². The van der Waals surface area contributed by atoms with Crippen molar-refractivity contribution in [3.05, 3.63) is 0 Å². The lowest BCUT2D eigenvalue weighted by molar-refractivity contribution is 0.113. The lowest BCUT2D eigenvalue weighted by Crippen LogP contribution is -2.36. The van der Waals surface area contributed by atoms with Crippen LogP contribution in [0.25, 0.3) is 0 Å². The van der Waals surface area contributed by atoms with Crippen LogP contribution in [0.2, 0.25) is 5.31 Å². The van der Waals surface area contributed by atoms with Crippen molar-refractivity contribution in [2.45, 2.75) is 103 Å². The van der Waals surface area contributed by atoms with E-state index < -0.39 is 0 Å². The predicted molar refractivity (Wildman–Crippen MR) is 97.6 cm³/mol. The summed E-state index contributed by atoms with van der Waals surface area (Å²) < 4.78 is 0. The molecule has 2 rings (SSSR count). The van der Waals surface area contributed by atoms with E-state index in [1.54, 1.807) is 19.3 Å². The van der Waals surface area contributed by atoms with Crippen molar-refractivity contribution in [3.63, 3.8) is 0 Å². The highest BCUT2D eigenvalue weighted by Crippen LogP contribution is 2.56. The molecular weight excluding hydrogens is 251 g/mol. The highest BCUT2D eigenvalue weighted by Gasteiger charge is 2.44. The molecule has 0 bridgehead atoms. The Hall–Kier alpha value is 0.0649. The number of unbranched alkanes of at least 4 members (excludes halogenated alkanes) is 1. The van der Waals surface area contributed by atoms with Crippen molar-refractivity contribution >= 4 is 7.85 Å². The van der Waals surface area contributed by atoms with E-state index in [2.05, 4.69) is 28.6 Å². The molecule has 0 aromatic heterocycles. The largest absolute Gasteiger partial charge is 0.109 e. The van der Waals surface area contributed by atoms with Crippen LogP contribution < -0.4 is 0 Å². The molecule has 0 aliphatic heterocycles. The van der Waals surface area contributed by atoms with Gasteiger partial charge in [0, 0.05) is 0 Å². The van der Waals surface area contributed by atoms with Crippen LogP contribution in [0, 0.1) is 23.7 Å². The molecule has 0 nitrogen and oxygen atoms in total. The molecule has 2 aliphatic carbocycles. The number of hydrogen-bond donors (Lipinski definition) is 0. The van der Waals surface area contributed by atoms with Crippen LogP contribution in [0.3, 0.4) is 0 Å². The Morgan fingerprint density at radius 2 is 1.67 bits per heavy atom. The van der Waals surface area contributed by atoms with Crippen molar-refractivity contribution < 1.29 is 0 Å². The maximum absolute atomic E-state index is 2.65. The zero-order valence-electron chi connectivity index (χ0n) is 15.3. The summed E-state index contributed by atoms with van der Waals surface area (Å²) in [4.78, 5) is 0. The molecule has 21 heavy (non-hydrogen) atoms. The standard InChI is InChI=1S/C20H39B/c1-4-6-15-20(21,5-2)19-16(3)11-10-13-17-12-8-7-9-14-18(17)19/h16-19H,4-15,21H2,1-3H3. The average Bonchev–Trinajstić information content (AvgIpc) is 2.79. The lowest BCUT2D eigenvalue weighted by Gasteiger charge is -2.46. The van der Waals surface area contributed by atoms with E-state index in [9.17, 15) is 0 Å². The summed E-state index contributed by atoms with van der Waals surface area (Å²) in [6.07, 6.45) is 17.8. The average molecular weight is 290 g/mol. The van der Waals surface area contributed by atoms with Crippen molar-refractivity contribution in [2.24, 2.45) is 23.7 Å². The molecule has 0 radical (unpaired) electrons. The Balaban J connectivity index is 2.24. The summed E-state index contributed by atoms with van der Waals surface area (Å²) in [5.41, 5.74) is 0. The molecule has 5 unspecified atom stereocenters. The Bertz CT molecular complexity index is 300. The zero-order valence-corrected chi connectivity index (χ0v) is 15.3. The summed E-state index contributed by atoms with van der Waals surface area (Å²) in [5.74, 6) is 4.07. The second-order valence-corrected chi connectivity index (χ2v) is 8.61. The topological polar surface area (TPSA) is 0 Å². The first kappa shape index (κ1) is 17.4. The number of rotatable bonds is 5. The minimum atomic E-state index is 0.604. The highest BCUT2D eigenvalue weighted by atomic mass is 14.5. The van der Waals surface area contributed by atoms with Crippen LogP contribution >= 0.6 is 0 Å². The van der Waals surface area contributed by atoms with E-state index in [1.165, 1.54) is 57.8 Å². The second-order valence-electron chi connectivity index (χ2n) is 8.61. The lowest BCUT2D eigenvalue weighted by atomic mass is 9.49. The Kier molecular flexibility index (Phi) is 6.69. The summed E-state index contributed by atoms with van der Waals surface area (Å²) in [7, 11) is 2.65. The van der Waals surface area contributed by atoms with Crippen molar-refractivity contribution in [2.75, 3.05) is 0 Å². The van der Waals surface area contributed by atoms with E-state index >= 15 is 0 Å². The highest BCUT2D eigenvalue weighted by molar-refractivity contribution is 6.15. The summed E-state index contributed by atoms with van der Waals surface area (Å²) in [5, 5.41) is 0.604. The molecule has 1 heteroatoms. The quantitative estimate of drug-likeness (QED) is 0.544. The monoisotopic (exact) mass is 290 g/mol. The zero-order chi connectivity index (χ0) is 15.3. The molecule has 0 saturated heterocycles. The van der Waals surface area contributed by atoms with Gasteiger partial charge in [-0.2, -0.15) is 0 Å². The van der Waals surface area contributed by atoms with Gasteiger partial charge in [0.1, 0.15) is 7.85 Å². The number of hydrogen-bond acceptors (Lipinski definition) is 0. The molecule has 5 atom stereocenters. The maximum atomic E-state index is 2.65. The molecular formula is C20H39B. The van der Waals surface area contributed by atoms with Gasteiger partial charge in [0.15, 0.2) is 0 Å². The van der Waals surface area contributed by atoms with Crippen LogP contribution in [0.1, 0.15) is 97.8 Å². The molecule has 2 fully saturated rings. The van der Waals surface area contributed by atoms with Gasteiger partial charge in [-0.1, -0.05) is 96.7 Å². The minimum absolute atomic E-state index is 0.604. The van der Waals surface area contributed by atoms with Crippen LogP contribution in [-0.4, -0.2) is 7.85 Å². The van der Waals surface area contributed by atoms with Crippen molar-refractivity contribution in [1.82, 2.24) is 0 Å². The first-order valence-corrected chi connectivity index (χ1v) is 10.1. The smallest absolute Gasteiger partial charge is 0.0655 e. The number of fused-ring (bicyclic) bond motifs is 1. The normalized spacial score (nSPS) is 37.1. The fourth-order valence-corrected chi connectivity index (χ4v) is 5.91. The Labute approximate surface area is 135 Å². The van der Waals surface area contributed by atoms with Gasteiger partial charge in [-0.05, 0) is 30.1 Å². The van der Waals surface area contributed by atoms with Crippen molar-refractivity contribution in [1.29, 1.82) is 0 Å². The first-order chi connectivity index (χ1) is 10.1. The third-order valence-corrected chi connectivity index (χ3v) is 7.24. The second kappa shape index (κ2) is 8.07. The van der Waals surface area contributed by atoms with Gasteiger partial charge >= 0.3 is 0 Å². The Morgan fingerprint density at radius 1 is 0.952 bits per heavy atom. The van der Waals surface area contributed by atoms with Gasteiger partial charge in [-0.15, -0.1) is 0 Å². The van der Waals surface area contributed by atoms with Crippen molar-refractivity contribution in [3.8, 4) is 0 Å². The van der Waals surface area contributed by atoms with E-state index in [0.717, 1.165) is 23.7 Å². The fourth-order valence-electron chi connectivity index (χ4n) is 5.91. The van der Waals surface area contributed by atoms with Crippen LogP contribution in [0.15, 0.2) is 0 Å². The fraction of sp³-hybridized carbons (Fsp3) is 1.00. The molecule has 0 spiro atoms. The molecule has 0 aromatic rings. The summed E-state index contributed by atoms with van der Waals surface area (Å²) in [6.45, 7) is 7.43. The molecule has 122 valence electrons. The minimum Gasteiger partial charge on any atom is -0.0655 e. The third kappa shape index (κ3) is 4.08. The molecule has 2 saturated carbocycles. The van der Waals surface area contributed by atoms with Gasteiger partial charge < -0.3 is 0 Å². The molecule has 0 amide bonds. The van der Waals surface area contributed by atoms with Gasteiger partial charge in [-0.25, -0.2) is 0 Å². The van der Waals surface area contributed by atoms with E-state index in [0.29, 0.717) is 5.31 Å². The SMILES string of the molecule is BC(CC)(CCCC)C1C(C)CCCC2CCCCCC21. The molecule has 0 aromatic carbocycles. The van der Waals surface area contributed by atoms with Crippen LogP contribution in [0.5, 0.6) is 0 Å². The van der Waals surface area contributed by atoms with Gasteiger partial charge in [-0.3, -0.25) is 0 Å². The summed E-state index contributed by atoms with van der Waals surface area (Å²) >= 11 is 0. The summed E-state index contributed by atoms with van der Waals surface area (Å²) in [6, 6.07) is 0. The van der Waals surface area contributed by atoms with Gasteiger partial charge in [0.05, 0.1) is 0 Å². The van der Waals surface area contributed by atoms with E-state index in [-0.39, 0.29) is 0 Å². The molecule has 0 N–H and O–H groups in total. The van der Waals surface area contributed by atoms with Gasteiger partial charge in [0.2, 0.25) is 0 Å². The third-order valence-electron chi connectivity index (χ3n) is 7.24.